The molecule has 0 bridgehead atoms. The fourth-order valence-electron chi connectivity index (χ4n) is 3.83. The Bertz CT molecular complexity index is 251. The molecule has 2 nitrogen and oxygen atoms in total. The molecule has 17 heavy (non-hydrogen) atoms. The second-order valence-electron chi connectivity index (χ2n) is 6.87. The highest BCUT2D eigenvalue weighted by Gasteiger charge is 2.41. The van der Waals surface area contributed by atoms with E-state index in [1.807, 2.05) is 0 Å². The highest BCUT2D eigenvalue weighted by atomic mass is 16.3. The molecule has 1 saturated carbocycles. The van der Waals surface area contributed by atoms with E-state index in [0.717, 1.165) is 18.8 Å². The van der Waals surface area contributed by atoms with Crippen molar-refractivity contribution in [3.63, 3.8) is 0 Å². The maximum Gasteiger partial charge on any atom is 0.0555 e. The molecule has 0 aromatic rings. The van der Waals surface area contributed by atoms with Crippen molar-refractivity contribution in [1.82, 2.24) is 4.90 Å². The zero-order chi connectivity index (χ0) is 12.5. The van der Waals surface area contributed by atoms with E-state index in [2.05, 4.69) is 25.7 Å². The molecule has 1 aliphatic heterocycles. The molecule has 1 aliphatic carbocycles. The largest absolute Gasteiger partial charge is 0.393 e. The minimum Gasteiger partial charge on any atom is -0.393 e. The van der Waals surface area contributed by atoms with Crippen molar-refractivity contribution in [3.8, 4) is 0 Å². The van der Waals surface area contributed by atoms with E-state index in [1.54, 1.807) is 0 Å². The molecule has 2 aliphatic rings. The van der Waals surface area contributed by atoms with Gasteiger partial charge in [0.05, 0.1) is 6.10 Å². The highest BCUT2D eigenvalue weighted by molar-refractivity contribution is 4.95. The van der Waals surface area contributed by atoms with E-state index < -0.39 is 0 Å². The summed E-state index contributed by atoms with van der Waals surface area (Å²) < 4.78 is 0. The van der Waals surface area contributed by atoms with E-state index in [0.29, 0.717) is 11.5 Å². The van der Waals surface area contributed by atoms with Gasteiger partial charge >= 0.3 is 0 Å². The number of likely N-dealkylation sites (tertiary alicyclic amines) is 1. The average Bonchev–Trinajstić information content (AvgIpc) is 2.71. The summed E-state index contributed by atoms with van der Waals surface area (Å²) in [5.74, 6) is 0.912. The van der Waals surface area contributed by atoms with Gasteiger partial charge in [0.2, 0.25) is 0 Å². The fraction of sp³-hybridized carbons (Fsp3) is 1.00. The Balaban J connectivity index is 1.96. The number of aliphatic hydroxyl groups is 1. The molecule has 0 amide bonds. The van der Waals surface area contributed by atoms with Crippen molar-refractivity contribution >= 4 is 0 Å². The third-order valence-corrected chi connectivity index (χ3v) is 4.97. The molecule has 2 heteroatoms. The smallest absolute Gasteiger partial charge is 0.0555 e. The van der Waals surface area contributed by atoms with Crippen LogP contribution in [0.5, 0.6) is 0 Å². The van der Waals surface area contributed by atoms with Crippen molar-refractivity contribution < 1.29 is 5.11 Å². The summed E-state index contributed by atoms with van der Waals surface area (Å²) >= 11 is 0. The van der Waals surface area contributed by atoms with Gasteiger partial charge in [-0.1, -0.05) is 27.2 Å². The number of hydrogen-bond donors (Lipinski definition) is 1. The monoisotopic (exact) mass is 239 g/mol. The molecule has 3 unspecified atom stereocenters. The molecule has 0 aromatic carbocycles. The van der Waals surface area contributed by atoms with Gasteiger partial charge in [-0.15, -0.1) is 0 Å². The Morgan fingerprint density at radius 2 is 2.06 bits per heavy atom. The maximum atomic E-state index is 9.91. The number of nitrogens with zero attached hydrogens (tertiary/aromatic N) is 1. The molecular weight excluding hydrogens is 210 g/mol. The van der Waals surface area contributed by atoms with Gasteiger partial charge in [-0.05, 0) is 50.0 Å². The van der Waals surface area contributed by atoms with E-state index in [9.17, 15) is 5.11 Å². The van der Waals surface area contributed by atoms with E-state index in [1.165, 1.54) is 38.8 Å². The Labute approximate surface area is 106 Å². The number of rotatable bonds is 3. The molecule has 2 rings (SSSR count). The van der Waals surface area contributed by atoms with Crippen LogP contribution in [-0.2, 0) is 0 Å². The number of aliphatic hydroxyl groups excluding tert-OH is 1. The zero-order valence-corrected chi connectivity index (χ0v) is 11.8. The lowest BCUT2D eigenvalue weighted by Gasteiger charge is -2.45. The summed E-state index contributed by atoms with van der Waals surface area (Å²) in [6.45, 7) is 9.59. The molecule has 1 saturated heterocycles. The molecular formula is C15H29NO. The molecule has 3 atom stereocenters. The quantitative estimate of drug-likeness (QED) is 0.818. The third-order valence-electron chi connectivity index (χ3n) is 4.97. The highest BCUT2D eigenvalue weighted by Crippen LogP contribution is 2.40. The molecule has 0 aromatic heterocycles. The molecule has 1 heterocycles. The second-order valence-corrected chi connectivity index (χ2v) is 6.87. The first-order valence-corrected chi connectivity index (χ1v) is 7.45. The van der Waals surface area contributed by atoms with Crippen LogP contribution < -0.4 is 0 Å². The topological polar surface area (TPSA) is 23.5 Å². The van der Waals surface area contributed by atoms with E-state index in [-0.39, 0.29) is 6.10 Å². The predicted octanol–water partition coefficient (Wildman–Crippen LogP) is 3.05. The Morgan fingerprint density at radius 1 is 1.29 bits per heavy atom. The second kappa shape index (κ2) is 5.27. The summed E-state index contributed by atoms with van der Waals surface area (Å²) in [6, 6.07) is 0.605. The van der Waals surface area contributed by atoms with Crippen LogP contribution in [-0.4, -0.2) is 35.2 Å². The molecule has 1 N–H and O–H groups in total. The first-order valence-electron chi connectivity index (χ1n) is 7.45. The fourth-order valence-corrected chi connectivity index (χ4v) is 3.83. The Hall–Kier alpha value is -0.0800. The van der Waals surface area contributed by atoms with Crippen LogP contribution in [0.25, 0.3) is 0 Å². The van der Waals surface area contributed by atoms with Crippen LogP contribution in [0, 0.1) is 11.3 Å². The summed E-state index contributed by atoms with van der Waals surface area (Å²) in [5.41, 5.74) is 0.389. The van der Waals surface area contributed by atoms with Gasteiger partial charge in [0.1, 0.15) is 0 Å². The molecule has 0 radical (unpaired) electrons. The normalized spacial score (nSPS) is 38.5. The Morgan fingerprint density at radius 3 is 2.76 bits per heavy atom. The van der Waals surface area contributed by atoms with Gasteiger partial charge in [0.25, 0.3) is 0 Å². The van der Waals surface area contributed by atoms with Gasteiger partial charge in [0, 0.05) is 12.6 Å². The minimum absolute atomic E-state index is 0.0572. The lowest BCUT2D eigenvalue weighted by atomic mass is 9.71. The van der Waals surface area contributed by atoms with Crippen LogP contribution in [0.2, 0.25) is 0 Å². The van der Waals surface area contributed by atoms with Crippen LogP contribution in [0.3, 0.4) is 0 Å². The van der Waals surface area contributed by atoms with Gasteiger partial charge in [-0.3, -0.25) is 4.90 Å². The van der Waals surface area contributed by atoms with Crippen LogP contribution in [0.4, 0.5) is 0 Å². The minimum atomic E-state index is -0.0572. The third kappa shape index (κ3) is 3.03. The standard InChI is InChI=1S/C15H29NO/c1-4-5-12-7-9-16(11-12)14-10-13(17)6-8-15(14,2)3/h12-14,17H,4-11H2,1-3H3. The van der Waals surface area contributed by atoms with Crippen LogP contribution >= 0.6 is 0 Å². The zero-order valence-electron chi connectivity index (χ0n) is 11.8. The van der Waals surface area contributed by atoms with Crippen LogP contribution in [0.1, 0.15) is 59.3 Å². The number of hydrogen-bond acceptors (Lipinski definition) is 2. The van der Waals surface area contributed by atoms with E-state index >= 15 is 0 Å². The molecule has 0 spiro atoms. The Kier molecular flexibility index (Phi) is 4.14. The van der Waals surface area contributed by atoms with Crippen molar-refractivity contribution in [2.24, 2.45) is 11.3 Å². The summed E-state index contributed by atoms with van der Waals surface area (Å²) in [5, 5.41) is 9.91. The molecule has 100 valence electrons. The lowest BCUT2D eigenvalue weighted by Crippen LogP contribution is -2.49. The first kappa shape index (κ1) is 13.4. The maximum absolute atomic E-state index is 9.91. The van der Waals surface area contributed by atoms with Crippen molar-refractivity contribution in [2.45, 2.75) is 71.4 Å². The van der Waals surface area contributed by atoms with Crippen molar-refractivity contribution in [2.75, 3.05) is 13.1 Å². The van der Waals surface area contributed by atoms with Gasteiger partial charge in [-0.25, -0.2) is 0 Å². The van der Waals surface area contributed by atoms with Crippen LogP contribution in [0.15, 0.2) is 0 Å². The summed E-state index contributed by atoms with van der Waals surface area (Å²) in [4.78, 5) is 2.67. The summed E-state index contributed by atoms with van der Waals surface area (Å²) in [7, 11) is 0. The predicted molar refractivity (Wildman–Crippen MR) is 72.0 cm³/mol. The van der Waals surface area contributed by atoms with Crippen molar-refractivity contribution in [3.05, 3.63) is 0 Å². The van der Waals surface area contributed by atoms with E-state index in [4.69, 9.17) is 0 Å². The van der Waals surface area contributed by atoms with Gasteiger partial charge in [-0.2, -0.15) is 0 Å². The lowest BCUT2D eigenvalue weighted by molar-refractivity contribution is -0.00362. The first-order chi connectivity index (χ1) is 8.03. The van der Waals surface area contributed by atoms with Crippen molar-refractivity contribution in [1.29, 1.82) is 0 Å². The van der Waals surface area contributed by atoms with Gasteiger partial charge in [0.15, 0.2) is 0 Å². The molecule has 2 fully saturated rings. The van der Waals surface area contributed by atoms with Gasteiger partial charge < -0.3 is 5.11 Å². The summed E-state index contributed by atoms with van der Waals surface area (Å²) in [6.07, 6.45) is 7.17. The SMILES string of the molecule is CCCC1CCN(C2CC(O)CCC2(C)C)C1. The average molecular weight is 239 g/mol.